The first-order valence-corrected chi connectivity index (χ1v) is 19.3. The van der Waals surface area contributed by atoms with Crippen molar-refractivity contribution in [3.05, 3.63) is 65.2 Å². The van der Waals surface area contributed by atoms with Crippen LogP contribution in [0.4, 0.5) is 19.3 Å². The molecular formula is C40H51F2N7O8. The molecule has 8 atom stereocenters. The van der Waals surface area contributed by atoms with Crippen molar-refractivity contribution in [3.8, 4) is 0 Å². The summed E-state index contributed by atoms with van der Waals surface area (Å²) >= 11 is 0. The fraction of sp³-hybridized carbons (Fsp3) is 0.525. The molecule has 0 saturated carbocycles. The van der Waals surface area contributed by atoms with Crippen molar-refractivity contribution in [3.63, 3.8) is 0 Å². The molecule has 3 aliphatic rings. The third-order valence-electron chi connectivity index (χ3n) is 10.9. The van der Waals surface area contributed by atoms with Gasteiger partial charge in [-0.2, -0.15) is 0 Å². The number of hydrogen-bond donors (Lipinski definition) is 4. The van der Waals surface area contributed by atoms with E-state index in [-0.39, 0.29) is 37.4 Å². The maximum Gasteiger partial charge on any atom is 0.329 e. The Morgan fingerprint density at radius 2 is 1.56 bits per heavy atom. The number of cyclic esters (lactones) is 1. The number of likely N-dealkylation sites (N-methyl/N-ethyl adjacent to an activating group) is 1. The van der Waals surface area contributed by atoms with Crippen molar-refractivity contribution in [2.45, 2.75) is 109 Å². The molecule has 308 valence electrons. The Hall–Kier alpha value is -5.61. The zero-order valence-electron chi connectivity index (χ0n) is 33.0. The van der Waals surface area contributed by atoms with Crippen molar-refractivity contribution >= 4 is 47.2 Å². The molecule has 0 radical (unpaired) electrons. The molecule has 1 unspecified atom stereocenters. The van der Waals surface area contributed by atoms with Gasteiger partial charge in [0.25, 0.3) is 0 Å². The minimum absolute atomic E-state index is 0.0183. The number of hydrogen-bond acceptors (Lipinski definition) is 8. The van der Waals surface area contributed by atoms with E-state index in [0.717, 1.165) is 24.1 Å². The van der Waals surface area contributed by atoms with Crippen LogP contribution in [-0.4, -0.2) is 119 Å². The summed E-state index contributed by atoms with van der Waals surface area (Å²) in [6.45, 7) is 8.47. The summed E-state index contributed by atoms with van der Waals surface area (Å²) in [4.78, 5) is 100. The van der Waals surface area contributed by atoms with Crippen LogP contribution in [0.5, 0.6) is 0 Å². The number of ether oxygens (including phenoxy) is 1. The Morgan fingerprint density at radius 3 is 2.21 bits per heavy atom. The summed E-state index contributed by atoms with van der Waals surface area (Å²) in [6, 6.07) is 1.43. The molecule has 57 heavy (non-hydrogen) atoms. The molecule has 7 amide bonds. The lowest BCUT2D eigenvalue weighted by Gasteiger charge is -2.36. The van der Waals surface area contributed by atoms with Gasteiger partial charge >= 0.3 is 12.0 Å². The SMILES string of the molecule is CCc1ccc(NC(=O)N[C@@H](Cc2cc(F)cc(F)c2)C(=O)N[C@@H]2C(=O)N3CCC[C@H]3C(=O)N(C)[C@@H](C)C(=O)N[C@@H](C)C(=O)N3C[C@@H](C)CC3C(=O)O[C@H]2C)cc1. The minimum Gasteiger partial charge on any atom is -0.458 e. The minimum atomic E-state index is -1.63. The van der Waals surface area contributed by atoms with Crippen molar-refractivity contribution in [1.82, 2.24) is 30.7 Å². The lowest BCUT2D eigenvalue weighted by Crippen LogP contribution is -2.62. The zero-order chi connectivity index (χ0) is 41.7. The molecule has 17 heteroatoms. The number of fused-ring (bicyclic) bond motifs is 2. The van der Waals surface area contributed by atoms with Crippen LogP contribution in [0.1, 0.15) is 65.0 Å². The number of esters is 1. The van der Waals surface area contributed by atoms with Gasteiger partial charge < -0.3 is 40.7 Å². The van der Waals surface area contributed by atoms with Gasteiger partial charge in [0.1, 0.15) is 54.0 Å². The highest BCUT2D eigenvalue weighted by Crippen LogP contribution is 2.27. The third-order valence-corrected chi connectivity index (χ3v) is 10.9. The summed E-state index contributed by atoms with van der Waals surface area (Å²) < 4.78 is 34.4. The lowest BCUT2D eigenvalue weighted by molar-refractivity contribution is -0.162. The largest absolute Gasteiger partial charge is 0.458 e. The molecule has 3 fully saturated rings. The van der Waals surface area contributed by atoms with Gasteiger partial charge in [0, 0.05) is 38.3 Å². The number of anilines is 1. The quantitative estimate of drug-likeness (QED) is 0.308. The number of amides is 7. The van der Waals surface area contributed by atoms with Crippen LogP contribution < -0.4 is 21.3 Å². The second-order valence-electron chi connectivity index (χ2n) is 15.2. The number of benzene rings is 2. The highest BCUT2D eigenvalue weighted by Gasteiger charge is 2.46. The molecule has 2 aromatic rings. The summed E-state index contributed by atoms with van der Waals surface area (Å²) in [7, 11) is 1.42. The van der Waals surface area contributed by atoms with Gasteiger partial charge in [-0.1, -0.05) is 26.0 Å². The Morgan fingerprint density at radius 1 is 0.895 bits per heavy atom. The number of carbonyl (C=O) groups excluding carboxylic acids is 7. The van der Waals surface area contributed by atoms with Crippen molar-refractivity contribution in [2.24, 2.45) is 5.92 Å². The summed E-state index contributed by atoms with van der Waals surface area (Å²) in [5.74, 6) is -6.25. The second kappa shape index (κ2) is 18.1. The molecule has 0 bridgehead atoms. The van der Waals surface area contributed by atoms with Crippen molar-refractivity contribution in [1.29, 1.82) is 0 Å². The average Bonchev–Trinajstić information content (AvgIpc) is 3.82. The van der Waals surface area contributed by atoms with Crippen molar-refractivity contribution < 1.29 is 47.1 Å². The standard InChI is InChI=1S/C40H51F2N7O8/c1-7-25-10-12-29(13-11-25)44-40(56)45-30(18-26-16-27(41)19-28(42)17-26)35(51)46-33-24(5)57-39(55)32-15-21(2)20-49(32)36(52)22(3)43-34(50)23(4)47(6)37(53)31-9-8-14-48(31)38(33)54/h10-13,16-17,19,21-24,30-33H,7-9,14-15,18,20H2,1-6H3,(H,43,50)(H,46,51)(H2,44,45,56)/t21-,22-,23-,24-,30-,31-,32?,33-/m0/s1. The fourth-order valence-corrected chi connectivity index (χ4v) is 7.51. The highest BCUT2D eigenvalue weighted by atomic mass is 19.1. The van der Waals surface area contributed by atoms with Gasteiger partial charge in [-0.15, -0.1) is 0 Å². The van der Waals surface area contributed by atoms with Crippen LogP contribution in [0.15, 0.2) is 42.5 Å². The van der Waals surface area contributed by atoms with Crippen LogP contribution in [0.25, 0.3) is 0 Å². The number of halogens is 2. The third kappa shape index (κ3) is 10.0. The van der Waals surface area contributed by atoms with E-state index < -0.39 is 102 Å². The predicted octanol–water partition coefficient (Wildman–Crippen LogP) is 2.27. The molecule has 0 spiro atoms. The fourth-order valence-electron chi connectivity index (χ4n) is 7.51. The molecule has 15 nitrogen and oxygen atoms in total. The number of nitrogens with one attached hydrogen (secondary N) is 4. The van der Waals surface area contributed by atoms with E-state index in [4.69, 9.17) is 4.74 Å². The lowest BCUT2D eigenvalue weighted by atomic mass is 10.0. The van der Waals surface area contributed by atoms with Crippen LogP contribution >= 0.6 is 0 Å². The topological polar surface area (TPSA) is 187 Å². The summed E-state index contributed by atoms with van der Waals surface area (Å²) in [5.41, 5.74) is 1.44. The molecule has 3 heterocycles. The number of urea groups is 1. The van der Waals surface area contributed by atoms with Gasteiger partial charge in [0.2, 0.25) is 29.5 Å². The predicted molar refractivity (Wildman–Crippen MR) is 203 cm³/mol. The van der Waals surface area contributed by atoms with E-state index in [2.05, 4.69) is 21.3 Å². The molecule has 2 aromatic carbocycles. The summed E-state index contributed by atoms with van der Waals surface area (Å²) in [6.07, 6.45) is -0.156. The first-order valence-electron chi connectivity index (χ1n) is 19.3. The number of rotatable bonds is 7. The van der Waals surface area contributed by atoms with Gasteiger partial charge in [0.05, 0.1) is 0 Å². The van der Waals surface area contributed by atoms with Gasteiger partial charge in [-0.05, 0) is 87.8 Å². The van der Waals surface area contributed by atoms with Gasteiger partial charge in [-0.25, -0.2) is 18.4 Å². The second-order valence-corrected chi connectivity index (χ2v) is 15.2. The molecular weight excluding hydrogens is 744 g/mol. The normalized spacial score (nSPS) is 26.6. The number of nitrogens with zero attached hydrogens (tertiary/aromatic N) is 3. The Labute approximate surface area is 330 Å². The summed E-state index contributed by atoms with van der Waals surface area (Å²) in [5, 5.41) is 10.4. The number of aryl methyl sites for hydroxylation is 1. The number of carbonyl (C=O) groups is 7. The molecule has 3 aliphatic heterocycles. The van der Waals surface area contributed by atoms with Crippen LogP contribution in [-0.2, 0) is 46.3 Å². The van der Waals surface area contributed by atoms with Crippen molar-refractivity contribution in [2.75, 3.05) is 25.5 Å². The van der Waals surface area contributed by atoms with Crippen LogP contribution in [0, 0.1) is 17.6 Å². The first kappa shape index (κ1) is 42.5. The molecule has 4 N–H and O–H groups in total. The maximum atomic E-state index is 14.5. The zero-order valence-corrected chi connectivity index (χ0v) is 33.0. The Kier molecular flexibility index (Phi) is 13.5. The van der Waals surface area contributed by atoms with Crippen LogP contribution in [0.3, 0.4) is 0 Å². The van der Waals surface area contributed by atoms with E-state index in [1.165, 1.54) is 42.5 Å². The Bertz CT molecular complexity index is 1860. The van der Waals surface area contributed by atoms with E-state index >= 15 is 0 Å². The molecule has 0 aliphatic carbocycles. The van der Waals surface area contributed by atoms with E-state index in [1.807, 2.05) is 26.0 Å². The Balaban J connectivity index is 1.49. The van der Waals surface area contributed by atoms with Gasteiger partial charge in [0.15, 0.2) is 0 Å². The van der Waals surface area contributed by atoms with E-state index in [9.17, 15) is 42.3 Å². The van der Waals surface area contributed by atoms with E-state index in [0.29, 0.717) is 18.2 Å². The molecule has 3 saturated heterocycles. The molecule has 5 rings (SSSR count). The average molecular weight is 796 g/mol. The van der Waals surface area contributed by atoms with Gasteiger partial charge in [-0.3, -0.25) is 24.0 Å². The van der Waals surface area contributed by atoms with Crippen LogP contribution in [0.2, 0.25) is 0 Å². The maximum absolute atomic E-state index is 14.5. The van der Waals surface area contributed by atoms with E-state index in [1.54, 1.807) is 12.1 Å². The smallest absolute Gasteiger partial charge is 0.329 e. The highest BCUT2D eigenvalue weighted by molar-refractivity contribution is 5.98. The monoisotopic (exact) mass is 795 g/mol. The first-order chi connectivity index (χ1) is 27.0. The molecule has 0 aromatic heterocycles.